The number of aryl methyl sites for hydroxylation is 1. The van der Waals surface area contributed by atoms with Crippen molar-refractivity contribution in [1.82, 2.24) is 20.3 Å². The molecular weight excluding hydrogens is 525 g/mol. The Labute approximate surface area is 240 Å². The average molecular weight is 564 g/mol. The fourth-order valence-corrected chi connectivity index (χ4v) is 5.70. The van der Waals surface area contributed by atoms with Gasteiger partial charge < -0.3 is 25.8 Å². The van der Waals surface area contributed by atoms with Crippen LogP contribution in [-0.4, -0.2) is 60.8 Å². The summed E-state index contributed by atoms with van der Waals surface area (Å²) in [4.78, 5) is 18.4. The normalized spacial score (nSPS) is 14.3. The second-order valence-corrected chi connectivity index (χ2v) is 11.2. The number of nitrogens with two attached hydrogens (primary N) is 1. The molecule has 7 nitrogen and oxygen atoms in total. The molecule has 3 heterocycles. The van der Waals surface area contributed by atoms with E-state index in [1.54, 1.807) is 12.1 Å². The van der Waals surface area contributed by atoms with Crippen molar-refractivity contribution < 1.29 is 4.39 Å². The third kappa shape index (κ3) is 6.09. The summed E-state index contributed by atoms with van der Waals surface area (Å²) in [5, 5.41) is 3.94. The Hall–Kier alpha value is -3.20. The van der Waals surface area contributed by atoms with Crippen LogP contribution in [0.5, 0.6) is 0 Å². The molecular formula is C31H39ClFN7. The van der Waals surface area contributed by atoms with Crippen LogP contribution in [0.3, 0.4) is 0 Å². The van der Waals surface area contributed by atoms with E-state index in [1.807, 2.05) is 44.4 Å². The first-order valence-corrected chi connectivity index (χ1v) is 14.6. The van der Waals surface area contributed by atoms with Gasteiger partial charge in [-0.2, -0.15) is 0 Å². The van der Waals surface area contributed by atoms with E-state index in [0.29, 0.717) is 5.02 Å². The second kappa shape index (κ2) is 12.5. The number of unbranched alkanes of at least 4 members (excludes halogenated alkanes) is 1. The minimum Gasteiger partial charge on any atom is -0.370 e. The number of anilines is 2. The van der Waals surface area contributed by atoms with E-state index in [1.165, 1.54) is 0 Å². The molecule has 4 N–H and O–H groups in total. The highest BCUT2D eigenvalue weighted by atomic mass is 35.5. The van der Waals surface area contributed by atoms with Gasteiger partial charge in [0.25, 0.3) is 0 Å². The van der Waals surface area contributed by atoms with Crippen LogP contribution in [0.2, 0.25) is 5.02 Å². The van der Waals surface area contributed by atoms with Crippen molar-refractivity contribution in [1.29, 1.82) is 0 Å². The van der Waals surface area contributed by atoms with Gasteiger partial charge in [0.2, 0.25) is 0 Å². The van der Waals surface area contributed by atoms with E-state index in [0.717, 1.165) is 109 Å². The number of hydrogen-bond donors (Lipinski definition) is 3. The lowest BCUT2D eigenvalue weighted by Crippen LogP contribution is -2.40. The number of imidazole rings is 1. The van der Waals surface area contributed by atoms with Crippen LogP contribution < -0.4 is 20.9 Å². The Morgan fingerprint density at radius 2 is 1.98 bits per heavy atom. The fourth-order valence-electron chi connectivity index (χ4n) is 5.52. The Morgan fingerprint density at radius 1 is 1.18 bits per heavy atom. The van der Waals surface area contributed by atoms with E-state index >= 15 is 0 Å². The van der Waals surface area contributed by atoms with Crippen LogP contribution in [-0.2, 0) is 0 Å². The molecule has 0 aliphatic carbocycles. The summed E-state index contributed by atoms with van der Waals surface area (Å²) < 4.78 is 14.7. The van der Waals surface area contributed by atoms with Gasteiger partial charge in [0.05, 0.1) is 22.3 Å². The number of halogens is 2. The van der Waals surface area contributed by atoms with Crippen molar-refractivity contribution in [2.24, 2.45) is 5.73 Å². The number of benzene rings is 2. The van der Waals surface area contributed by atoms with Gasteiger partial charge in [-0.1, -0.05) is 31.0 Å². The van der Waals surface area contributed by atoms with Gasteiger partial charge in [-0.3, -0.25) is 0 Å². The van der Waals surface area contributed by atoms with E-state index < -0.39 is 0 Å². The maximum Gasteiger partial charge on any atom is 0.144 e. The second-order valence-electron chi connectivity index (χ2n) is 10.8. The lowest BCUT2D eigenvalue weighted by atomic mass is 9.96. The standard InChI is InChI=1S/C31H39ClFN7/c1-4-5-11-40(14-10-35-3)31-28(30-37-26-7-6-22(32)18-27(26)38-30)29(39-12-8-24(34)9-13-39)25(19-36-31)21-15-20(2)16-23(33)17-21/h6-7,15-19,24,35H,4-5,8-14,34H2,1-3H3,(H,37,38). The summed E-state index contributed by atoms with van der Waals surface area (Å²) in [6.45, 7) is 8.21. The van der Waals surface area contributed by atoms with E-state index in [2.05, 4.69) is 27.0 Å². The molecule has 0 bridgehead atoms. The van der Waals surface area contributed by atoms with E-state index in [-0.39, 0.29) is 11.9 Å². The van der Waals surface area contributed by atoms with Gasteiger partial charge >= 0.3 is 0 Å². The zero-order valence-electron chi connectivity index (χ0n) is 23.6. The fraction of sp³-hybridized carbons (Fsp3) is 0.419. The molecule has 0 atom stereocenters. The number of nitrogens with one attached hydrogen (secondary N) is 2. The zero-order valence-corrected chi connectivity index (χ0v) is 24.4. The number of hydrogen-bond acceptors (Lipinski definition) is 6. The summed E-state index contributed by atoms with van der Waals surface area (Å²) in [6.07, 6.45) is 5.79. The number of aromatic nitrogens is 3. The van der Waals surface area contributed by atoms with Crippen LogP contribution in [0.25, 0.3) is 33.5 Å². The van der Waals surface area contributed by atoms with Crippen molar-refractivity contribution in [2.75, 3.05) is 49.6 Å². The van der Waals surface area contributed by atoms with Gasteiger partial charge in [-0.15, -0.1) is 0 Å². The van der Waals surface area contributed by atoms with Crippen LogP contribution in [0.15, 0.2) is 42.6 Å². The van der Waals surface area contributed by atoms with Crippen molar-refractivity contribution in [2.45, 2.75) is 45.6 Å². The van der Waals surface area contributed by atoms with Gasteiger partial charge in [-0.05, 0) is 74.7 Å². The van der Waals surface area contributed by atoms with Crippen LogP contribution >= 0.6 is 11.6 Å². The summed E-state index contributed by atoms with van der Waals surface area (Å²) >= 11 is 6.34. The molecule has 1 saturated heterocycles. The summed E-state index contributed by atoms with van der Waals surface area (Å²) in [6, 6.07) is 11.0. The number of aromatic amines is 1. The first-order chi connectivity index (χ1) is 19.4. The molecule has 0 saturated carbocycles. The molecule has 9 heteroatoms. The molecule has 4 aromatic rings. The first-order valence-electron chi connectivity index (χ1n) is 14.2. The number of piperidine rings is 1. The van der Waals surface area contributed by atoms with E-state index in [4.69, 9.17) is 27.3 Å². The highest BCUT2D eigenvalue weighted by molar-refractivity contribution is 6.31. The third-order valence-electron chi connectivity index (χ3n) is 7.63. The quantitative estimate of drug-likeness (QED) is 0.215. The van der Waals surface area contributed by atoms with Crippen molar-refractivity contribution in [3.8, 4) is 22.5 Å². The van der Waals surface area contributed by atoms with Crippen LogP contribution in [0.1, 0.15) is 38.2 Å². The molecule has 1 fully saturated rings. The lowest BCUT2D eigenvalue weighted by molar-refractivity contribution is 0.501. The minimum absolute atomic E-state index is 0.172. The molecule has 5 rings (SSSR count). The first kappa shape index (κ1) is 28.3. The Bertz CT molecular complexity index is 1430. The molecule has 2 aromatic heterocycles. The van der Waals surface area contributed by atoms with Gasteiger partial charge in [0.1, 0.15) is 17.5 Å². The Morgan fingerprint density at radius 3 is 2.70 bits per heavy atom. The number of H-pyrrole nitrogens is 1. The molecule has 2 aromatic carbocycles. The van der Waals surface area contributed by atoms with Crippen molar-refractivity contribution >= 4 is 34.1 Å². The predicted molar refractivity (Wildman–Crippen MR) is 165 cm³/mol. The van der Waals surface area contributed by atoms with Gasteiger partial charge in [0, 0.05) is 55.5 Å². The topological polar surface area (TPSA) is 86.1 Å². The lowest BCUT2D eigenvalue weighted by Gasteiger charge is -2.36. The number of fused-ring (bicyclic) bond motifs is 1. The molecule has 1 aliphatic rings. The predicted octanol–water partition coefficient (Wildman–Crippen LogP) is 6.15. The summed E-state index contributed by atoms with van der Waals surface area (Å²) in [5.74, 6) is 1.34. The summed E-state index contributed by atoms with van der Waals surface area (Å²) in [5.41, 5.74) is 12.5. The largest absolute Gasteiger partial charge is 0.370 e. The van der Waals surface area contributed by atoms with Crippen LogP contribution in [0.4, 0.5) is 15.9 Å². The minimum atomic E-state index is -0.260. The zero-order chi connectivity index (χ0) is 28.2. The molecule has 0 spiro atoms. The average Bonchev–Trinajstić information content (AvgIpc) is 3.35. The smallest absolute Gasteiger partial charge is 0.144 e. The van der Waals surface area contributed by atoms with E-state index in [9.17, 15) is 4.39 Å². The van der Waals surface area contributed by atoms with Gasteiger partial charge in [0.15, 0.2) is 0 Å². The molecule has 0 unspecified atom stereocenters. The highest BCUT2D eigenvalue weighted by Gasteiger charge is 2.29. The number of likely N-dealkylation sites (N-methyl/N-ethyl adjacent to an activating group) is 1. The van der Waals surface area contributed by atoms with Crippen molar-refractivity contribution in [3.05, 3.63) is 59.0 Å². The van der Waals surface area contributed by atoms with Crippen LogP contribution in [0, 0.1) is 12.7 Å². The summed E-state index contributed by atoms with van der Waals surface area (Å²) in [7, 11) is 1.97. The Kier molecular flexibility index (Phi) is 8.88. The van der Waals surface area contributed by atoms with Gasteiger partial charge in [-0.25, -0.2) is 14.4 Å². The molecule has 40 heavy (non-hydrogen) atoms. The maximum absolute atomic E-state index is 14.7. The molecule has 1 aliphatic heterocycles. The molecule has 212 valence electrons. The number of rotatable bonds is 10. The SMILES string of the molecule is CCCCN(CCNC)c1ncc(-c2cc(C)cc(F)c2)c(N2CCC(N)CC2)c1-c1nc2ccc(Cl)cc2[nH]1. The monoisotopic (exact) mass is 563 g/mol. The maximum atomic E-state index is 14.7. The molecule has 0 amide bonds. The third-order valence-corrected chi connectivity index (χ3v) is 7.87. The number of nitrogens with zero attached hydrogens (tertiary/aromatic N) is 4. The highest BCUT2D eigenvalue weighted by Crippen LogP contribution is 2.45. The number of pyridine rings is 1. The molecule has 0 radical (unpaired) electrons. The Balaban J connectivity index is 1.80. The van der Waals surface area contributed by atoms with Crippen molar-refractivity contribution in [3.63, 3.8) is 0 Å².